The van der Waals surface area contributed by atoms with Gasteiger partial charge in [-0.3, -0.25) is 9.36 Å². The van der Waals surface area contributed by atoms with Gasteiger partial charge in [-0.15, -0.1) is 0 Å². The summed E-state index contributed by atoms with van der Waals surface area (Å²) in [7, 11) is 0. The SMILES string of the molecule is [2H]Cc1ccc(=O)n(-c2ccc(OCC)cc2)c1. The van der Waals surface area contributed by atoms with Gasteiger partial charge in [0, 0.05) is 19.3 Å². The minimum atomic E-state index is -0.101. The second-order valence-electron chi connectivity index (χ2n) is 3.67. The maximum absolute atomic E-state index is 11.8. The number of ether oxygens (including phenoxy) is 1. The van der Waals surface area contributed by atoms with E-state index in [1.807, 2.05) is 31.2 Å². The van der Waals surface area contributed by atoms with Crippen LogP contribution in [0.3, 0.4) is 0 Å². The number of pyridine rings is 1. The summed E-state index contributed by atoms with van der Waals surface area (Å²) in [5.41, 5.74) is 1.48. The Hall–Kier alpha value is -2.03. The van der Waals surface area contributed by atoms with Crippen LogP contribution in [0.5, 0.6) is 5.75 Å². The molecule has 88 valence electrons. The molecule has 0 bridgehead atoms. The smallest absolute Gasteiger partial charge is 0.255 e. The molecule has 1 aromatic heterocycles. The Morgan fingerprint density at radius 1 is 1.24 bits per heavy atom. The molecule has 0 aliphatic rings. The molecule has 0 amide bonds. The zero-order valence-electron chi connectivity index (χ0n) is 10.7. The minimum absolute atomic E-state index is 0.101. The van der Waals surface area contributed by atoms with Gasteiger partial charge in [-0.1, -0.05) is 6.07 Å². The average Bonchev–Trinajstić information content (AvgIpc) is 2.41. The molecule has 3 heteroatoms. The van der Waals surface area contributed by atoms with E-state index in [0.717, 1.165) is 17.0 Å². The zero-order chi connectivity index (χ0) is 13.0. The summed E-state index contributed by atoms with van der Waals surface area (Å²) in [5, 5.41) is 0. The van der Waals surface area contributed by atoms with Gasteiger partial charge in [0.1, 0.15) is 5.75 Å². The van der Waals surface area contributed by atoms with E-state index >= 15 is 0 Å². The predicted octanol–water partition coefficient (Wildman–Crippen LogP) is 2.54. The van der Waals surface area contributed by atoms with Gasteiger partial charge in [-0.05, 0) is 43.7 Å². The Bertz CT molecular complexity index is 575. The van der Waals surface area contributed by atoms with E-state index < -0.39 is 0 Å². The van der Waals surface area contributed by atoms with Crippen LogP contribution in [0.2, 0.25) is 0 Å². The van der Waals surface area contributed by atoms with E-state index in [1.54, 1.807) is 16.8 Å². The highest BCUT2D eigenvalue weighted by molar-refractivity contribution is 5.38. The highest BCUT2D eigenvalue weighted by Crippen LogP contribution is 2.14. The highest BCUT2D eigenvalue weighted by Gasteiger charge is 2.00. The lowest BCUT2D eigenvalue weighted by Gasteiger charge is -2.08. The molecule has 3 nitrogen and oxygen atoms in total. The summed E-state index contributed by atoms with van der Waals surface area (Å²) >= 11 is 0. The van der Waals surface area contributed by atoms with E-state index in [9.17, 15) is 4.79 Å². The molecule has 0 unspecified atom stereocenters. The van der Waals surface area contributed by atoms with Crippen LogP contribution in [0.4, 0.5) is 0 Å². The molecular weight excluding hydrogens is 214 g/mol. The summed E-state index contributed by atoms with van der Waals surface area (Å²) in [4.78, 5) is 11.8. The Morgan fingerprint density at radius 3 is 2.65 bits per heavy atom. The van der Waals surface area contributed by atoms with Crippen LogP contribution in [0.25, 0.3) is 5.69 Å². The first-order valence-corrected chi connectivity index (χ1v) is 5.48. The van der Waals surface area contributed by atoms with Gasteiger partial charge in [0.2, 0.25) is 0 Å². The fourth-order valence-electron chi connectivity index (χ4n) is 1.60. The quantitative estimate of drug-likeness (QED) is 0.811. The lowest BCUT2D eigenvalue weighted by molar-refractivity contribution is 0.340. The van der Waals surface area contributed by atoms with E-state index in [2.05, 4.69) is 0 Å². The molecule has 17 heavy (non-hydrogen) atoms. The number of aryl methyl sites for hydroxylation is 1. The second kappa shape index (κ2) is 4.87. The molecule has 1 aromatic carbocycles. The van der Waals surface area contributed by atoms with Crippen molar-refractivity contribution in [3.8, 4) is 11.4 Å². The number of hydrogen-bond donors (Lipinski definition) is 0. The lowest BCUT2D eigenvalue weighted by Crippen LogP contribution is -2.16. The first kappa shape index (κ1) is 10.1. The van der Waals surface area contributed by atoms with E-state index in [4.69, 9.17) is 6.11 Å². The van der Waals surface area contributed by atoms with Crippen molar-refractivity contribution in [2.75, 3.05) is 6.61 Å². The van der Waals surface area contributed by atoms with Crippen molar-refractivity contribution < 1.29 is 6.11 Å². The van der Waals surface area contributed by atoms with Crippen LogP contribution in [0.1, 0.15) is 13.9 Å². The van der Waals surface area contributed by atoms with Crippen LogP contribution in [-0.4, -0.2) is 11.2 Å². The summed E-state index contributed by atoms with van der Waals surface area (Å²) in [6, 6.07) is 10.5. The molecule has 2 aromatic rings. The number of benzene rings is 1. The average molecular weight is 230 g/mol. The van der Waals surface area contributed by atoms with Crippen LogP contribution < -0.4 is 10.3 Å². The molecule has 0 radical (unpaired) electrons. The van der Waals surface area contributed by atoms with Gasteiger partial charge in [0.05, 0.1) is 6.61 Å². The lowest BCUT2D eigenvalue weighted by atomic mass is 10.2. The Morgan fingerprint density at radius 2 is 2.00 bits per heavy atom. The standard InChI is InChI=1S/C14H15NO2/c1-3-17-13-7-5-12(6-8-13)15-10-11(2)4-9-14(15)16/h4-10H,3H2,1-2H3/i2D. The zero-order valence-corrected chi connectivity index (χ0v) is 9.72. The molecule has 0 spiro atoms. The number of aromatic nitrogens is 1. The summed E-state index contributed by atoms with van der Waals surface area (Å²) in [6.45, 7) is 2.71. The van der Waals surface area contributed by atoms with Gasteiger partial charge in [0.15, 0.2) is 0 Å². The van der Waals surface area contributed by atoms with Crippen LogP contribution >= 0.6 is 0 Å². The molecule has 1 heterocycles. The first-order chi connectivity index (χ1) is 8.74. The fourth-order valence-corrected chi connectivity index (χ4v) is 1.60. The van der Waals surface area contributed by atoms with E-state index in [-0.39, 0.29) is 12.5 Å². The Kier molecular flexibility index (Phi) is 2.91. The molecule has 0 saturated heterocycles. The van der Waals surface area contributed by atoms with Crippen LogP contribution in [0, 0.1) is 6.90 Å². The van der Waals surface area contributed by atoms with Gasteiger partial charge in [-0.25, -0.2) is 0 Å². The largest absolute Gasteiger partial charge is 0.494 e. The van der Waals surface area contributed by atoms with Crippen LogP contribution in [0.15, 0.2) is 47.4 Å². The van der Waals surface area contributed by atoms with Crippen molar-refractivity contribution >= 4 is 0 Å². The van der Waals surface area contributed by atoms with Crippen molar-refractivity contribution in [1.82, 2.24) is 4.57 Å². The highest BCUT2D eigenvalue weighted by atomic mass is 16.5. The molecule has 0 saturated carbocycles. The number of nitrogens with zero attached hydrogens (tertiary/aromatic N) is 1. The third-order valence-electron chi connectivity index (χ3n) is 2.40. The van der Waals surface area contributed by atoms with Crippen molar-refractivity contribution in [2.45, 2.75) is 13.8 Å². The number of rotatable bonds is 3. The molecule has 0 aliphatic carbocycles. The minimum Gasteiger partial charge on any atom is -0.494 e. The van der Waals surface area contributed by atoms with Gasteiger partial charge >= 0.3 is 0 Å². The van der Waals surface area contributed by atoms with Gasteiger partial charge in [0.25, 0.3) is 5.56 Å². The monoisotopic (exact) mass is 230 g/mol. The van der Waals surface area contributed by atoms with Gasteiger partial charge < -0.3 is 4.74 Å². The third kappa shape index (κ3) is 2.56. The van der Waals surface area contributed by atoms with Crippen molar-refractivity contribution in [3.63, 3.8) is 0 Å². The molecule has 0 N–H and O–H groups in total. The van der Waals surface area contributed by atoms with Gasteiger partial charge in [-0.2, -0.15) is 0 Å². The predicted molar refractivity (Wildman–Crippen MR) is 67.9 cm³/mol. The Balaban J connectivity index is 2.38. The normalized spacial score (nSPS) is 11.0. The molecule has 2 rings (SSSR count). The van der Waals surface area contributed by atoms with E-state index in [1.165, 1.54) is 6.07 Å². The second-order valence-corrected chi connectivity index (χ2v) is 3.67. The van der Waals surface area contributed by atoms with Crippen molar-refractivity contribution in [2.24, 2.45) is 0 Å². The van der Waals surface area contributed by atoms with E-state index in [0.29, 0.717) is 6.61 Å². The topological polar surface area (TPSA) is 31.2 Å². The Labute approximate surface area is 102 Å². The third-order valence-corrected chi connectivity index (χ3v) is 2.40. The first-order valence-electron chi connectivity index (χ1n) is 6.19. The summed E-state index contributed by atoms with van der Waals surface area (Å²) in [6.07, 6.45) is 1.70. The molecular formula is C14H15NO2. The summed E-state index contributed by atoms with van der Waals surface area (Å²) < 4.78 is 14.2. The molecule has 0 fully saturated rings. The van der Waals surface area contributed by atoms with Crippen LogP contribution in [-0.2, 0) is 0 Å². The summed E-state index contributed by atoms with van der Waals surface area (Å²) in [5.74, 6) is 0.783. The molecule has 0 aliphatic heterocycles. The maximum Gasteiger partial charge on any atom is 0.255 e. The number of hydrogen-bond acceptors (Lipinski definition) is 2. The fraction of sp³-hybridized carbons (Fsp3) is 0.214. The van der Waals surface area contributed by atoms with Crippen molar-refractivity contribution in [3.05, 3.63) is 58.5 Å². The van der Waals surface area contributed by atoms with Crippen molar-refractivity contribution in [1.29, 1.82) is 0 Å². The maximum atomic E-state index is 11.8. The molecule has 0 atom stereocenters.